The third-order valence-corrected chi connectivity index (χ3v) is 3.71. The van der Waals surface area contributed by atoms with Crippen molar-refractivity contribution in [2.24, 2.45) is 0 Å². The van der Waals surface area contributed by atoms with E-state index < -0.39 is 0 Å². The van der Waals surface area contributed by atoms with Crippen LogP contribution in [0.3, 0.4) is 0 Å². The van der Waals surface area contributed by atoms with Crippen molar-refractivity contribution < 1.29 is 4.79 Å². The molecule has 0 N–H and O–H groups in total. The van der Waals surface area contributed by atoms with E-state index in [-0.39, 0.29) is 5.24 Å². The Labute approximate surface area is 136 Å². The third kappa shape index (κ3) is 17.2. The molecule has 0 bridgehead atoms. The number of allylic oxidation sites excluding steroid dienone is 1. The molecule has 0 heterocycles. The molecular formula is C19H31ClO. The highest BCUT2D eigenvalue weighted by Gasteiger charge is 1.96. The molecule has 0 fully saturated rings. The maximum absolute atomic E-state index is 10.6. The van der Waals surface area contributed by atoms with Gasteiger partial charge in [0.05, 0.1) is 0 Å². The zero-order valence-electron chi connectivity index (χ0n) is 13.7. The minimum absolute atomic E-state index is 0.214. The maximum Gasteiger partial charge on any atom is 0.221 e. The van der Waals surface area contributed by atoms with Gasteiger partial charge in [-0.05, 0) is 42.9 Å². The van der Waals surface area contributed by atoms with E-state index in [1.54, 1.807) is 0 Å². The molecule has 0 aromatic heterocycles. The number of carbonyl (C=O) groups excluding carboxylic acids is 1. The molecule has 0 saturated heterocycles. The Morgan fingerprint density at radius 3 is 2.14 bits per heavy atom. The SMILES string of the molecule is C=C(C#CCCCCCCC)CCCCCCCC(=O)Cl. The molecule has 120 valence electrons. The first-order chi connectivity index (χ1) is 10.2. The van der Waals surface area contributed by atoms with Crippen molar-refractivity contribution in [3.05, 3.63) is 12.2 Å². The lowest BCUT2D eigenvalue weighted by Gasteiger charge is -2.00. The van der Waals surface area contributed by atoms with Crippen molar-refractivity contribution in [1.29, 1.82) is 0 Å². The molecule has 0 aliphatic heterocycles. The van der Waals surface area contributed by atoms with Crippen LogP contribution in [0.4, 0.5) is 0 Å². The van der Waals surface area contributed by atoms with E-state index in [1.165, 1.54) is 44.9 Å². The zero-order chi connectivity index (χ0) is 15.8. The Hall–Kier alpha value is -0.740. The first kappa shape index (κ1) is 20.3. The van der Waals surface area contributed by atoms with Gasteiger partial charge in [0.2, 0.25) is 5.24 Å². The second-order valence-electron chi connectivity index (χ2n) is 5.69. The van der Waals surface area contributed by atoms with Crippen LogP contribution in [0.15, 0.2) is 12.2 Å². The highest BCUT2D eigenvalue weighted by molar-refractivity contribution is 6.63. The summed E-state index contributed by atoms with van der Waals surface area (Å²) in [6, 6.07) is 0. The summed E-state index contributed by atoms with van der Waals surface area (Å²) in [6.45, 7) is 6.26. The molecule has 0 amide bonds. The highest BCUT2D eigenvalue weighted by Crippen LogP contribution is 2.11. The van der Waals surface area contributed by atoms with Gasteiger partial charge >= 0.3 is 0 Å². The molecule has 0 atom stereocenters. The van der Waals surface area contributed by atoms with Gasteiger partial charge in [-0.2, -0.15) is 0 Å². The second-order valence-corrected chi connectivity index (χ2v) is 6.11. The summed E-state index contributed by atoms with van der Waals surface area (Å²) in [5.74, 6) is 6.42. The molecule has 0 aliphatic carbocycles. The molecule has 0 unspecified atom stereocenters. The first-order valence-corrected chi connectivity index (χ1v) is 8.89. The largest absolute Gasteiger partial charge is 0.281 e. The van der Waals surface area contributed by atoms with Crippen molar-refractivity contribution in [3.63, 3.8) is 0 Å². The van der Waals surface area contributed by atoms with Crippen molar-refractivity contribution >= 4 is 16.8 Å². The third-order valence-electron chi connectivity index (χ3n) is 3.52. The quantitative estimate of drug-likeness (QED) is 0.218. The first-order valence-electron chi connectivity index (χ1n) is 8.51. The van der Waals surface area contributed by atoms with E-state index in [1.807, 2.05) is 0 Å². The molecule has 0 aromatic rings. The summed E-state index contributed by atoms with van der Waals surface area (Å²) >= 11 is 5.29. The zero-order valence-corrected chi connectivity index (χ0v) is 14.4. The monoisotopic (exact) mass is 310 g/mol. The Morgan fingerprint density at radius 1 is 0.905 bits per heavy atom. The summed E-state index contributed by atoms with van der Waals surface area (Å²) < 4.78 is 0. The van der Waals surface area contributed by atoms with E-state index in [4.69, 9.17) is 11.6 Å². The van der Waals surface area contributed by atoms with E-state index >= 15 is 0 Å². The highest BCUT2D eigenvalue weighted by atomic mass is 35.5. The molecule has 0 aliphatic rings. The summed E-state index contributed by atoms with van der Waals surface area (Å²) in [6.07, 6.45) is 14.6. The lowest BCUT2D eigenvalue weighted by atomic mass is 10.1. The van der Waals surface area contributed by atoms with Crippen molar-refractivity contribution in [3.8, 4) is 11.8 Å². The van der Waals surface area contributed by atoms with Crippen LogP contribution in [0, 0.1) is 11.8 Å². The fourth-order valence-electron chi connectivity index (χ4n) is 2.20. The molecule has 0 radical (unpaired) electrons. The van der Waals surface area contributed by atoms with Gasteiger partial charge in [-0.3, -0.25) is 4.79 Å². The lowest BCUT2D eigenvalue weighted by molar-refractivity contribution is -0.111. The van der Waals surface area contributed by atoms with E-state index in [2.05, 4.69) is 25.3 Å². The smallest absolute Gasteiger partial charge is 0.221 e. The van der Waals surface area contributed by atoms with E-state index in [0.717, 1.165) is 37.7 Å². The van der Waals surface area contributed by atoms with Gasteiger partial charge in [0.25, 0.3) is 0 Å². The van der Waals surface area contributed by atoms with Crippen molar-refractivity contribution in [2.75, 3.05) is 0 Å². The Morgan fingerprint density at radius 2 is 1.48 bits per heavy atom. The standard InChI is InChI=1S/C19H31ClO/c1-3-4-5-6-7-9-12-15-18(2)16-13-10-8-11-14-17-19(20)21/h2-11,13-14,16-17H2,1H3. The van der Waals surface area contributed by atoms with Crippen LogP contribution in [0.1, 0.15) is 90.4 Å². The van der Waals surface area contributed by atoms with E-state index in [9.17, 15) is 4.79 Å². The van der Waals surface area contributed by atoms with Crippen LogP contribution >= 0.6 is 11.6 Å². The van der Waals surface area contributed by atoms with Crippen molar-refractivity contribution in [2.45, 2.75) is 90.4 Å². The Kier molecular flexibility index (Phi) is 15.1. The van der Waals surface area contributed by atoms with Crippen molar-refractivity contribution in [1.82, 2.24) is 0 Å². The van der Waals surface area contributed by atoms with Crippen LogP contribution in [0.5, 0.6) is 0 Å². The van der Waals surface area contributed by atoms with Gasteiger partial charge in [0.1, 0.15) is 0 Å². The number of hydrogen-bond donors (Lipinski definition) is 0. The number of unbranched alkanes of at least 4 members (excludes halogenated alkanes) is 9. The predicted molar refractivity (Wildman–Crippen MR) is 93.5 cm³/mol. The van der Waals surface area contributed by atoms with Gasteiger partial charge in [-0.15, -0.1) is 0 Å². The Balaban J connectivity index is 3.36. The molecule has 21 heavy (non-hydrogen) atoms. The molecule has 1 nitrogen and oxygen atoms in total. The number of carbonyl (C=O) groups is 1. The van der Waals surface area contributed by atoms with Gasteiger partial charge in [-0.1, -0.05) is 70.3 Å². The molecule has 2 heteroatoms. The fourth-order valence-corrected chi connectivity index (χ4v) is 2.33. The minimum Gasteiger partial charge on any atom is -0.281 e. The van der Waals surface area contributed by atoms with Gasteiger partial charge < -0.3 is 0 Å². The van der Waals surface area contributed by atoms with Gasteiger partial charge in [-0.25, -0.2) is 0 Å². The van der Waals surface area contributed by atoms with Crippen LogP contribution in [0.2, 0.25) is 0 Å². The molecule has 0 spiro atoms. The van der Waals surface area contributed by atoms with Gasteiger partial charge in [0, 0.05) is 12.8 Å². The molecule has 0 rings (SSSR count). The fraction of sp³-hybridized carbons (Fsp3) is 0.737. The normalized spacial score (nSPS) is 10.0. The van der Waals surface area contributed by atoms with Crippen LogP contribution < -0.4 is 0 Å². The molecule has 0 saturated carbocycles. The van der Waals surface area contributed by atoms with Crippen LogP contribution in [-0.4, -0.2) is 5.24 Å². The average Bonchev–Trinajstić information content (AvgIpc) is 2.45. The topological polar surface area (TPSA) is 17.1 Å². The summed E-state index contributed by atoms with van der Waals surface area (Å²) in [5.41, 5.74) is 1.07. The number of halogens is 1. The van der Waals surface area contributed by atoms with Crippen LogP contribution in [0.25, 0.3) is 0 Å². The molecular weight excluding hydrogens is 280 g/mol. The van der Waals surface area contributed by atoms with E-state index in [0.29, 0.717) is 6.42 Å². The number of hydrogen-bond acceptors (Lipinski definition) is 1. The predicted octanol–water partition coefficient (Wildman–Crippen LogP) is 6.40. The lowest BCUT2D eigenvalue weighted by Crippen LogP contribution is -1.86. The summed E-state index contributed by atoms with van der Waals surface area (Å²) in [4.78, 5) is 10.6. The Bertz CT molecular complexity index is 335. The molecule has 0 aromatic carbocycles. The summed E-state index contributed by atoms with van der Waals surface area (Å²) in [5, 5.41) is -0.214. The minimum atomic E-state index is -0.214. The summed E-state index contributed by atoms with van der Waals surface area (Å²) in [7, 11) is 0. The second kappa shape index (κ2) is 15.6. The van der Waals surface area contributed by atoms with Crippen LogP contribution in [-0.2, 0) is 4.79 Å². The number of rotatable bonds is 13. The van der Waals surface area contributed by atoms with Gasteiger partial charge in [0.15, 0.2) is 0 Å². The maximum atomic E-state index is 10.6. The average molecular weight is 311 g/mol.